The van der Waals surface area contributed by atoms with Gasteiger partial charge in [0.2, 0.25) is 0 Å². The number of nitrogens with one attached hydrogen (secondary N) is 1. The summed E-state index contributed by atoms with van der Waals surface area (Å²) in [6.07, 6.45) is 0. The van der Waals surface area contributed by atoms with Gasteiger partial charge in [-0.15, -0.1) is 0 Å². The predicted octanol–water partition coefficient (Wildman–Crippen LogP) is 2.24. The van der Waals surface area contributed by atoms with E-state index in [2.05, 4.69) is 21.0 Å². The minimum absolute atomic E-state index is 0.00769. The molecule has 0 saturated carbocycles. The van der Waals surface area contributed by atoms with Crippen LogP contribution in [0, 0.1) is 0 Å². The standard InChI is InChI=1S/C11H11BrN2O/c12-6-7-14-11(15)8-10(13-14)9-4-2-1-3-5-9/h1-5,8,13H,6-7H2. The second-order valence-corrected chi connectivity index (χ2v) is 4.01. The van der Waals surface area contributed by atoms with Crippen LogP contribution in [-0.2, 0) is 6.54 Å². The molecule has 3 nitrogen and oxygen atoms in total. The molecule has 0 spiro atoms. The number of benzene rings is 1. The highest BCUT2D eigenvalue weighted by Crippen LogP contribution is 2.13. The van der Waals surface area contributed by atoms with Gasteiger partial charge < -0.3 is 0 Å². The van der Waals surface area contributed by atoms with E-state index in [4.69, 9.17) is 0 Å². The number of aryl methyl sites for hydroxylation is 1. The molecule has 2 aromatic rings. The molecular formula is C11H11BrN2O. The van der Waals surface area contributed by atoms with Crippen LogP contribution < -0.4 is 5.56 Å². The molecule has 0 aliphatic carbocycles. The van der Waals surface area contributed by atoms with Crippen LogP contribution in [0.1, 0.15) is 0 Å². The van der Waals surface area contributed by atoms with Gasteiger partial charge in [0.25, 0.3) is 5.56 Å². The van der Waals surface area contributed by atoms with E-state index in [9.17, 15) is 4.79 Å². The van der Waals surface area contributed by atoms with E-state index in [1.807, 2.05) is 30.3 Å². The maximum atomic E-state index is 11.5. The zero-order valence-corrected chi connectivity index (χ0v) is 9.70. The summed E-state index contributed by atoms with van der Waals surface area (Å²) in [5, 5.41) is 3.84. The van der Waals surface area contributed by atoms with Gasteiger partial charge in [0.15, 0.2) is 0 Å². The maximum Gasteiger partial charge on any atom is 0.267 e. The van der Waals surface area contributed by atoms with Crippen molar-refractivity contribution in [3.8, 4) is 11.3 Å². The lowest BCUT2D eigenvalue weighted by Gasteiger charge is -1.98. The van der Waals surface area contributed by atoms with Gasteiger partial charge in [0.1, 0.15) is 0 Å². The second kappa shape index (κ2) is 4.49. The summed E-state index contributed by atoms with van der Waals surface area (Å²) < 4.78 is 1.59. The Hall–Kier alpha value is -1.29. The third-order valence-corrected chi connectivity index (χ3v) is 2.54. The molecule has 1 aromatic heterocycles. The van der Waals surface area contributed by atoms with Crippen LogP contribution in [0.2, 0.25) is 0 Å². The molecule has 0 aliphatic rings. The van der Waals surface area contributed by atoms with Gasteiger partial charge in [-0.3, -0.25) is 14.6 Å². The first-order valence-corrected chi connectivity index (χ1v) is 5.84. The maximum absolute atomic E-state index is 11.5. The Morgan fingerprint density at radius 1 is 1.27 bits per heavy atom. The molecule has 0 atom stereocenters. The number of hydrogen-bond donors (Lipinski definition) is 1. The number of aromatic amines is 1. The fourth-order valence-corrected chi connectivity index (χ4v) is 1.81. The molecule has 0 amide bonds. The SMILES string of the molecule is O=c1cc(-c2ccccc2)[nH]n1CCBr. The fourth-order valence-electron chi connectivity index (χ4n) is 1.45. The Balaban J connectivity index is 2.39. The third-order valence-electron chi connectivity index (χ3n) is 2.18. The second-order valence-electron chi connectivity index (χ2n) is 3.21. The quantitative estimate of drug-likeness (QED) is 0.851. The summed E-state index contributed by atoms with van der Waals surface area (Å²) in [7, 11) is 0. The Morgan fingerprint density at radius 3 is 2.67 bits per heavy atom. The van der Waals surface area contributed by atoms with Gasteiger partial charge in [0.05, 0.1) is 12.2 Å². The van der Waals surface area contributed by atoms with E-state index < -0.39 is 0 Å². The van der Waals surface area contributed by atoms with Crippen LogP contribution in [0.3, 0.4) is 0 Å². The monoisotopic (exact) mass is 266 g/mol. The zero-order chi connectivity index (χ0) is 10.7. The van der Waals surface area contributed by atoms with Gasteiger partial charge in [-0.1, -0.05) is 46.3 Å². The molecule has 2 rings (SSSR count). The summed E-state index contributed by atoms with van der Waals surface area (Å²) in [5.74, 6) is 0. The number of halogens is 1. The number of nitrogens with zero attached hydrogens (tertiary/aromatic N) is 1. The van der Waals surface area contributed by atoms with Gasteiger partial charge in [-0.05, 0) is 5.56 Å². The Morgan fingerprint density at radius 2 is 2.00 bits per heavy atom. The molecule has 0 saturated heterocycles. The molecule has 1 N–H and O–H groups in total. The van der Waals surface area contributed by atoms with E-state index in [0.29, 0.717) is 6.54 Å². The van der Waals surface area contributed by atoms with E-state index in [1.165, 1.54) is 0 Å². The van der Waals surface area contributed by atoms with Crippen molar-refractivity contribution < 1.29 is 0 Å². The van der Waals surface area contributed by atoms with E-state index in [1.54, 1.807) is 10.7 Å². The van der Waals surface area contributed by atoms with Gasteiger partial charge in [-0.2, -0.15) is 0 Å². The van der Waals surface area contributed by atoms with Crippen LogP contribution in [0.25, 0.3) is 11.3 Å². The molecule has 1 heterocycles. The lowest BCUT2D eigenvalue weighted by Crippen LogP contribution is -2.16. The number of hydrogen-bond acceptors (Lipinski definition) is 1. The summed E-state index contributed by atoms with van der Waals surface area (Å²) >= 11 is 3.31. The van der Waals surface area contributed by atoms with E-state index >= 15 is 0 Å². The average Bonchev–Trinajstić information content (AvgIpc) is 2.63. The average molecular weight is 267 g/mol. The normalized spacial score (nSPS) is 10.5. The van der Waals surface area contributed by atoms with Gasteiger partial charge >= 0.3 is 0 Å². The Kier molecular flexibility index (Phi) is 3.06. The first kappa shape index (κ1) is 10.2. The number of alkyl halides is 1. The van der Waals surface area contributed by atoms with E-state index in [0.717, 1.165) is 16.6 Å². The van der Waals surface area contributed by atoms with Crippen LogP contribution in [-0.4, -0.2) is 15.1 Å². The van der Waals surface area contributed by atoms with Crippen molar-refractivity contribution in [1.29, 1.82) is 0 Å². The third kappa shape index (κ3) is 2.21. The molecule has 0 bridgehead atoms. The lowest BCUT2D eigenvalue weighted by molar-refractivity contribution is 0.649. The predicted molar refractivity (Wildman–Crippen MR) is 64.3 cm³/mol. The van der Waals surface area contributed by atoms with Crippen LogP contribution in [0.15, 0.2) is 41.2 Å². The van der Waals surface area contributed by atoms with Crippen LogP contribution >= 0.6 is 15.9 Å². The molecule has 1 aromatic carbocycles. The highest BCUT2D eigenvalue weighted by atomic mass is 79.9. The summed E-state index contributed by atoms with van der Waals surface area (Å²) in [4.78, 5) is 11.5. The summed E-state index contributed by atoms with van der Waals surface area (Å²) in [6, 6.07) is 11.4. The topological polar surface area (TPSA) is 37.8 Å². The molecule has 15 heavy (non-hydrogen) atoms. The van der Waals surface area contributed by atoms with Crippen molar-refractivity contribution in [2.75, 3.05) is 5.33 Å². The molecule has 0 fully saturated rings. The molecule has 4 heteroatoms. The summed E-state index contributed by atoms with van der Waals surface area (Å²) in [6.45, 7) is 0.658. The first-order valence-electron chi connectivity index (χ1n) is 4.72. The minimum Gasteiger partial charge on any atom is -0.295 e. The molecule has 0 radical (unpaired) electrons. The molecule has 0 aliphatic heterocycles. The first-order chi connectivity index (χ1) is 7.31. The number of H-pyrrole nitrogens is 1. The van der Waals surface area contributed by atoms with Crippen LogP contribution in [0.4, 0.5) is 0 Å². The summed E-state index contributed by atoms with van der Waals surface area (Å²) in [5.41, 5.74) is 1.90. The Labute approximate surface area is 95.9 Å². The zero-order valence-electron chi connectivity index (χ0n) is 8.11. The molecular weight excluding hydrogens is 256 g/mol. The Bertz CT molecular complexity index is 487. The molecule has 78 valence electrons. The van der Waals surface area contributed by atoms with Crippen molar-refractivity contribution in [1.82, 2.24) is 9.78 Å². The van der Waals surface area contributed by atoms with Gasteiger partial charge in [-0.25, -0.2) is 0 Å². The van der Waals surface area contributed by atoms with Crippen molar-refractivity contribution in [3.05, 3.63) is 46.8 Å². The van der Waals surface area contributed by atoms with E-state index in [-0.39, 0.29) is 5.56 Å². The highest BCUT2D eigenvalue weighted by molar-refractivity contribution is 9.09. The van der Waals surface area contributed by atoms with Crippen molar-refractivity contribution >= 4 is 15.9 Å². The van der Waals surface area contributed by atoms with Gasteiger partial charge in [0, 0.05) is 11.4 Å². The van der Waals surface area contributed by atoms with Crippen molar-refractivity contribution in [2.45, 2.75) is 6.54 Å². The highest BCUT2D eigenvalue weighted by Gasteiger charge is 2.03. The van der Waals surface area contributed by atoms with Crippen LogP contribution in [0.5, 0.6) is 0 Å². The molecule has 0 unspecified atom stereocenters. The minimum atomic E-state index is 0.00769. The fraction of sp³-hybridized carbons (Fsp3) is 0.182. The largest absolute Gasteiger partial charge is 0.295 e. The number of aromatic nitrogens is 2. The van der Waals surface area contributed by atoms with Crippen molar-refractivity contribution in [3.63, 3.8) is 0 Å². The van der Waals surface area contributed by atoms with Crippen molar-refractivity contribution in [2.24, 2.45) is 0 Å². The smallest absolute Gasteiger partial charge is 0.267 e. The number of rotatable bonds is 3. The lowest BCUT2D eigenvalue weighted by atomic mass is 10.2.